The van der Waals surface area contributed by atoms with E-state index < -0.39 is 5.41 Å². The lowest BCUT2D eigenvalue weighted by atomic mass is 9.70. The Kier molecular flexibility index (Phi) is 8.39. The van der Waals surface area contributed by atoms with Crippen LogP contribution in [-0.2, 0) is 5.41 Å². The molecule has 6 nitrogen and oxygen atoms in total. The molecule has 0 saturated heterocycles. The smallest absolute Gasteiger partial charge is 0.164 e. The maximum Gasteiger partial charge on any atom is 0.164 e. The van der Waals surface area contributed by atoms with Crippen LogP contribution in [0.5, 0.6) is 0 Å². The van der Waals surface area contributed by atoms with Crippen molar-refractivity contribution < 1.29 is 13.3 Å². The first-order valence-electron chi connectivity index (χ1n) is 25.7. The number of hydrogen-bond acceptors (Lipinski definition) is 6. The SMILES string of the molecule is c1ccc2c(c1)-c1ccccc1C21c2ccccc2-c2ccc(-c3ccc(-c4ccc5oc6cccc(-c7nc(-c8ccc9c(c8)oc8ccccc89)nc(-c8cccc9oc%10ccccc%10c89)n7)c6c5c4)cc3)cc21. The Morgan fingerprint density at radius 3 is 1.30 bits per heavy atom. The van der Waals surface area contributed by atoms with Crippen LogP contribution in [0.2, 0.25) is 0 Å². The number of para-hydroxylation sites is 2. The molecule has 17 rings (SSSR count). The average Bonchev–Trinajstić information content (AvgIpc) is 4.34. The van der Waals surface area contributed by atoms with Crippen molar-refractivity contribution in [2.45, 2.75) is 5.41 Å². The average molecular weight is 970 g/mol. The topological polar surface area (TPSA) is 78.1 Å². The maximum atomic E-state index is 6.63. The van der Waals surface area contributed by atoms with Gasteiger partial charge in [0, 0.05) is 49.0 Å². The zero-order chi connectivity index (χ0) is 49.6. The molecule has 0 atom stereocenters. The predicted molar refractivity (Wildman–Crippen MR) is 305 cm³/mol. The van der Waals surface area contributed by atoms with E-state index in [1.165, 1.54) is 50.1 Å². The highest BCUT2D eigenvalue weighted by Crippen LogP contribution is 2.63. The normalized spacial score (nSPS) is 13.1. The molecule has 15 aromatic rings. The molecule has 0 N–H and O–H groups in total. The predicted octanol–water partition coefficient (Wildman–Crippen LogP) is 18.2. The van der Waals surface area contributed by atoms with E-state index in [0.29, 0.717) is 17.5 Å². The second kappa shape index (κ2) is 15.4. The van der Waals surface area contributed by atoms with Gasteiger partial charge in [-0.05, 0) is 121 Å². The highest BCUT2D eigenvalue weighted by Gasteiger charge is 2.51. The summed E-state index contributed by atoms with van der Waals surface area (Å²) in [5.74, 6) is 1.59. The van der Waals surface area contributed by atoms with E-state index in [2.05, 4.69) is 170 Å². The molecule has 1 spiro atoms. The highest BCUT2D eigenvalue weighted by atomic mass is 16.3. The molecule has 0 unspecified atom stereocenters. The molecule has 6 heteroatoms. The molecule has 352 valence electrons. The second-order valence-electron chi connectivity index (χ2n) is 20.1. The quantitative estimate of drug-likeness (QED) is 0.171. The molecule has 0 amide bonds. The summed E-state index contributed by atoms with van der Waals surface area (Å²) in [6.45, 7) is 0. The van der Waals surface area contributed by atoms with Gasteiger partial charge in [0.15, 0.2) is 17.5 Å². The molecule has 0 aliphatic heterocycles. The Morgan fingerprint density at radius 1 is 0.237 bits per heavy atom. The molecule has 76 heavy (non-hydrogen) atoms. The van der Waals surface area contributed by atoms with Crippen LogP contribution in [-0.4, -0.2) is 15.0 Å². The molecule has 2 aliphatic carbocycles. The monoisotopic (exact) mass is 969 g/mol. The molecule has 0 radical (unpaired) electrons. The van der Waals surface area contributed by atoms with Gasteiger partial charge in [-0.2, -0.15) is 0 Å². The van der Waals surface area contributed by atoms with Gasteiger partial charge < -0.3 is 13.3 Å². The van der Waals surface area contributed by atoms with E-state index in [1.807, 2.05) is 66.7 Å². The first-order chi connectivity index (χ1) is 37.6. The maximum absolute atomic E-state index is 6.63. The van der Waals surface area contributed by atoms with Gasteiger partial charge in [0.25, 0.3) is 0 Å². The van der Waals surface area contributed by atoms with Crippen LogP contribution >= 0.6 is 0 Å². The van der Waals surface area contributed by atoms with E-state index in [0.717, 1.165) is 99.2 Å². The van der Waals surface area contributed by atoms with Crippen LogP contribution in [0.3, 0.4) is 0 Å². The molecular formula is C70H39N3O3. The minimum atomic E-state index is -0.395. The van der Waals surface area contributed by atoms with Crippen molar-refractivity contribution in [2.24, 2.45) is 0 Å². The molecule has 11 aromatic carbocycles. The number of rotatable bonds is 5. The Hall–Kier alpha value is -10.2. The fraction of sp³-hybridized carbons (Fsp3) is 0.0143. The standard InChI is InChI=1S/C70H39N3O3/c1-6-20-55-45(13-1)46-14-2-7-21-56(46)70(55)57-22-8-3-15-47(57)48-34-31-43(38-58(48)70)41-29-27-40(28-30-41)42-33-36-61-54(37-42)66-53(19-12-26-63(66)75-61)69-72-67(44-32-35-50-49-16-4-9-23-59(49)76-64(50)39-44)71-68(73-69)52-18-11-25-62-65(52)51-17-5-10-24-60(51)74-62/h1-39H. The Morgan fingerprint density at radius 2 is 0.658 bits per heavy atom. The van der Waals surface area contributed by atoms with Crippen molar-refractivity contribution in [2.75, 3.05) is 0 Å². The van der Waals surface area contributed by atoms with Gasteiger partial charge in [-0.1, -0.05) is 182 Å². The van der Waals surface area contributed by atoms with E-state index in [9.17, 15) is 0 Å². The minimum absolute atomic E-state index is 0.395. The van der Waals surface area contributed by atoms with Gasteiger partial charge >= 0.3 is 0 Å². The van der Waals surface area contributed by atoms with Crippen molar-refractivity contribution in [3.63, 3.8) is 0 Å². The van der Waals surface area contributed by atoms with E-state index in [1.54, 1.807) is 0 Å². The van der Waals surface area contributed by atoms with E-state index in [4.69, 9.17) is 28.2 Å². The second-order valence-corrected chi connectivity index (χ2v) is 20.1. The minimum Gasteiger partial charge on any atom is -0.456 e. The zero-order valence-electron chi connectivity index (χ0n) is 40.6. The van der Waals surface area contributed by atoms with Gasteiger partial charge in [0.1, 0.15) is 33.5 Å². The third kappa shape index (κ3) is 5.72. The summed E-state index contributed by atoms with van der Waals surface area (Å²) in [7, 11) is 0. The van der Waals surface area contributed by atoms with E-state index in [-0.39, 0.29) is 0 Å². The number of benzene rings is 11. The summed E-state index contributed by atoms with van der Waals surface area (Å²) < 4.78 is 19.4. The van der Waals surface area contributed by atoms with Crippen molar-refractivity contribution in [1.82, 2.24) is 15.0 Å². The molecule has 4 heterocycles. The van der Waals surface area contributed by atoms with Crippen molar-refractivity contribution in [3.05, 3.63) is 259 Å². The van der Waals surface area contributed by atoms with Crippen LogP contribution in [0.4, 0.5) is 0 Å². The van der Waals surface area contributed by atoms with Crippen molar-refractivity contribution >= 4 is 65.8 Å². The number of hydrogen-bond donors (Lipinski definition) is 0. The molecular weight excluding hydrogens is 931 g/mol. The molecule has 0 fully saturated rings. The summed E-state index contributed by atoms with van der Waals surface area (Å²) in [6.07, 6.45) is 0. The number of furan rings is 3. The van der Waals surface area contributed by atoms with Crippen LogP contribution in [0, 0.1) is 0 Å². The highest BCUT2D eigenvalue weighted by molar-refractivity contribution is 6.14. The number of nitrogens with zero attached hydrogens (tertiary/aromatic N) is 3. The first-order valence-corrected chi connectivity index (χ1v) is 25.7. The lowest BCUT2D eigenvalue weighted by Gasteiger charge is -2.30. The number of fused-ring (bicyclic) bond motifs is 19. The summed E-state index contributed by atoms with van der Waals surface area (Å²) in [4.78, 5) is 15.9. The van der Waals surface area contributed by atoms with Crippen LogP contribution in [0.25, 0.3) is 144 Å². The lowest BCUT2D eigenvalue weighted by molar-refractivity contribution is 0.668. The van der Waals surface area contributed by atoms with Gasteiger partial charge in [-0.25, -0.2) is 15.0 Å². The fourth-order valence-electron chi connectivity index (χ4n) is 12.9. The molecule has 2 aliphatic rings. The Bertz CT molecular complexity index is 4900. The lowest BCUT2D eigenvalue weighted by Crippen LogP contribution is -2.25. The first kappa shape index (κ1) is 41.3. The van der Waals surface area contributed by atoms with Gasteiger partial charge in [-0.15, -0.1) is 0 Å². The summed E-state index contributed by atoms with van der Waals surface area (Å²) >= 11 is 0. The third-order valence-corrected chi connectivity index (χ3v) is 16.2. The third-order valence-electron chi connectivity index (χ3n) is 16.2. The number of aromatic nitrogens is 3. The summed E-state index contributed by atoms with van der Waals surface area (Å²) in [6, 6.07) is 84.0. The largest absolute Gasteiger partial charge is 0.456 e. The molecule has 0 bridgehead atoms. The molecule has 4 aromatic heterocycles. The van der Waals surface area contributed by atoms with Crippen LogP contribution in [0.1, 0.15) is 22.3 Å². The Balaban J connectivity index is 0.793. The van der Waals surface area contributed by atoms with Crippen molar-refractivity contribution in [3.8, 4) is 78.7 Å². The van der Waals surface area contributed by atoms with Gasteiger partial charge in [-0.3, -0.25) is 0 Å². The summed E-state index contributed by atoms with van der Waals surface area (Å²) in [5, 5.41) is 5.96. The zero-order valence-corrected chi connectivity index (χ0v) is 40.6. The molecule has 0 saturated carbocycles. The van der Waals surface area contributed by atoms with E-state index >= 15 is 0 Å². The van der Waals surface area contributed by atoms with Gasteiger partial charge in [0.05, 0.1) is 5.41 Å². The van der Waals surface area contributed by atoms with Crippen LogP contribution in [0.15, 0.2) is 250 Å². The van der Waals surface area contributed by atoms with Crippen LogP contribution < -0.4 is 0 Å². The summed E-state index contributed by atoms with van der Waals surface area (Å²) in [5.41, 5.74) is 21.9. The Labute approximate surface area is 434 Å². The van der Waals surface area contributed by atoms with Gasteiger partial charge in [0.2, 0.25) is 0 Å². The fourth-order valence-corrected chi connectivity index (χ4v) is 12.9. The van der Waals surface area contributed by atoms with Crippen molar-refractivity contribution in [1.29, 1.82) is 0 Å².